The summed E-state index contributed by atoms with van der Waals surface area (Å²) in [5.74, 6) is 0.447. The van der Waals surface area contributed by atoms with Gasteiger partial charge in [0.2, 0.25) is 0 Å². The predicted octanol–water partition coefficient (Wildman–Crippen LogP) is 2.71. The first-order valence-corrected chi connectivity index (χ1v) is 6.13. The number of aromatic amines is 1. The Morgan fingerprint density at radius 1 is 1.21 bits per heavy atom. The summed E-state index contributed by atoms with van der Waals surface area (Å²) >= 11 is 5.90. The highest BCUT2D eigenvalue weighted by Gasteiger charge is 2.16. The zero-order chi connectivity index (χ0) is 13.4. The molecule has 96 valence electrons. The highest BCUT2D eigenvalue weighted by molar-refractivity contribution is 6.30. The Bertz CT molecular complexity index is 711. The summed E-state index contributed by atoms with van der Waals surface area (Å²) in [6.45, 7) is 0. The van der Waals surface area contributed by atoms with Gasteiger partial charge >= 0.3 is 0 Å². The molecule has 0 saturated heterocycles. The summed E-state index contributed by atoms with van der Waals surface area (Å²) in [5.41, 5.74) is 9.35. The predicted molar refractivity (Wildman–Crippen MR) is 75.6 cm³/mol. The van der Waals surface area contributed by atoms with E-state index in [0.29, 0.717) is 10.8 Å². The van der Waals surface area contributed by atoms with Crippen molar-refractivity contribution < 1.29 is 0 Å². The van der Waals surface area contributed by atoms with E-state index < -0.39 is 0 Å². The Morgan fingerprint density at radius 2 is 1.95 bits per heavy atom. The Labute approximate surface area is 115 Å². The van der Waals surface area contributed by atoms with Gasteiger partial charge in [-0.2, -0.15) is 10.2 Å². The molecule has 2 heterocycles. The lowest BCUT2D eigenvalue weighted by atomic mass is 10.0. The third kappa shape index (κ3) is 2.08. The van der Waals surface area contributed by atoms with Crippen LogP contribution in [0.5, 0.6) is 0 Å². The fourth-order valence-electron chi connectivity index (χ4n) is 2.00. The van der Waals surface area contributed by atoms with E-state index in [4.69, 9.17) is 17.3 Å². The number of H-pyrrole nitrogens is 1. The van der Waals surface area contributed by atoms with Crippen molar-refractivity contribution in [1.82, 2.24) is 20.0 Å². The summed E-state index contributed by atoms with van der Waals surface area (Å²) in [7, 11) is 1.87. The summed E-state index contributed by atoms with van der Waals surface area (Å²) in [5, 5.41) is 12.1. The second-order valence-corrected chi connectivity index (χ2v) is 4.68. The minimum absolute atomic E-state index is 0.447. The van der Waals surface area contributed by atoms with Crippen molar-refractivity contribution in [2.45, 2.75) is 0 Å². The monoisotopic (exact) mass is 273 g/mol. The van der Waals surface area contributed by atoms with Gasteiger partial charge < -0.3 is 5.73 Å². The Morgan fingerprint density at radius 3 is 2.58 bits per heavy atom. The molecular weight excluding hydrogens is 262 g/mol. The molecule has 6 heteroatoms. The lowest BCUT2D eigenvalue weighted by Gasteiger charge is -2.02. The van der Waals surface area contributed by atoms with Crippen LogP contribution in [0.15, 0.2) is 36.5 Å². The lowest BCUT2D eigenvalue weighted by Crippen LogP contribution is -1.91. The number of nitrogens with two attached hydrogens (primary N) is 1. The molecule has 0 aliphatic rings. The van der Waals surface area contributed by atoms with E-state index in [2.05, 4.69) is 15.3 Å². The molecule has 0 bridgehead atoms. The van der Waals surface area contributed by atoms with Crippen molar-refractivity contribution in [1.29, 1.82) is 0 Å². The van der Waals surface area contributed by atoms with Crippen LogP contribution in [-0.2, 0) is 7.05 Å². The van der Waals surface area contributed by atoms with E-state index in [1.165, 1.54) is 0 Å². The number of rotatable bonds is 2. The van der Waals surface area contributed by atoms with Crippen LogP contribution in [0.25, 0.3) is 22.5 Å². The maximum atomic E-state index is 5.95. The number of nitrogens with one attached hydrogen (secondary N) is 1. The number of halogens is 1. The number of nitrogens with zero attached hydrogens (tertiary/aromatic N) is 3. The quantitative estimate of drug-likeness (QED) is 0.754. The van der Waals surface area contributed by atoms with Gasteiger partial charge in [-0.3, -0.25) is 9.78 Å². The van der Waals surface area contributed by atoms with Crippen LogP contribution >= 0.6 is 11.6 Å². The van der Waals surface area contributed by atoms with Gasteiger partial charge in [0.25, 0.3) is 0 Å². The van der Waals surface area contributed by atoms with Crippen LogP contribution in [0.1, 0.15) is 0 Å². The first-order valence-electron chi connectivity index (χ1n) is 5.75. The van der Waals surface area contributed by atoms with E-state index in [-0.39, 0.29) is 0 Å². The highest BCUT2D eigenvalue weighted by Crippen LogP contribution is 2.34. The molecule has 0 aliphatic carbocycles. The number of aromatic nitrogens is 4. The first-order chi connectivity index (χ1) is 9.15. The van der Waals surface area contributed by atoms with Crippen molar-refractivity contribution in [2.75, 3.05) is 5.73 Å². The minimum Gasteiger partial charge on any atom is -0.382 e. The molecule has 3 aromatic rings. The normalized spacial score (nSPS) is 10.8. The van der Waals surface area contributed by atoms with Crippen LogP contribution in [0.4, 0.5) is 5.82 Å². The number of hydrogen-bond acceptors (Lipinski definition) is 3. The molecule has 0 saturated carbocycles. The van der Waals surface area contributed by atoms with Gasteiger partial charge in [-0.15, -0.1) is 0 Å². The summed E-state index contributed by atoms with van der Waals surface area (Å²) in [6.07, 6.45) is 1.87. The first kappa shape index (κ1) is 11.8. The molecule has 3 rings (SSSR count). The standard InChI is InChI=1S/C13H12ClN5/c1-19-7-6-10(18-19)12-11(13(15)17-16-12)8-2-4-9(14)5-3-8/h2-7H,1H3,(H3,15,16,17). The molecule has 0 amide bonds. The highest BCUT2D eigenvalue weighted by atomic mass is 35.5. The summed E-state index contributed by atoms with van der Waals surface area (Å²) < 4.78 is 1.73. The molecule has 0 atom stereocenters. The Hall–Kier alpha value is -2.27. The lowest BCUT2D eigenvalue weighted by molar-refractivity contribution is 0.770. The van der Waals surface area contributed by atoms with Gasteiger partial charge in [0.05, 0.1) is 11.3 Å². The number of nitrogen functional groups attached to an aromatic ring is 1. The number of hydrogen-bond donors (Lipinski definition) is 2. The third-order valence-corrected chi connectivity index (χ3v) is 3.15. The maximum Gasteiger partial charge on any atom is 0.153 e. The second-order valence-electron chi connectivity index (χ2n) is 4.24. The van der Waals surface area contributed by atoms with Crippen LogP contribution in [-0.4, -0.2) is 20.0 Å². The van der Waals surface area contributed by atoms with Gasteiger partial charge in [0.1, 0.15) is 5.69 Å². The summed E-state index contributed by atoms with van der Waals surface area (Å²) in [4.78, 5) is 0. The average Bonchev–Trinajstić information content (AvgIpc) is 2.97. The van der Waals surface area contributed by atoms with Crippen LogP contribution in [0.3, 0.4) is 0 Å². The Kier molecular flexibility index (Phi) is 2.76. The van der Waals surface area contributed by atoms with Crippen LogP contribution < -0.4 is 5.73 Å². The van der Waals surface area contributed by atoms with Crippen molar-refractivity contribution in [2.24, 2.45) is 7.05 Å². The van der Waals surface area contributed by atoms with Crippen molar-refractivity contribution >= 4 is 17.4 Å². The van der Waals surface area contributed by atoms with Crippen molar-refractivity contribution in [3.05, 3.63) is 41.6 Å². The topological polar surface area (TPSA) is 72.5 Å². The molecule has 0 spiro atoms. The molecular formula is C13H12ClN5. The van der Waals surface area contributed by atoms with Gasteiger partial charge in [-0.1, -0.05) is 23.7 Å². The van der Waals surface area contributed by atoms with Gasteiger partial charge in [-0.25, -0.2) is 0 Å². The molecule has 5 nitrogen and oxygen atoms in total. The van der Waals surface area contributed by atoms with Gasteiger partial charge in [-0.05, 0) is 23.8 Å². The molecule has 19 heavy (non-hydrogen) atoms. The van der Waals surface area contributed by atoms with E-state index in [1.54, 1.807) is 4.68 Å². The maximum absolute atomic E-state index is 5.95. The van der Waals surface area contributed by atoms with E-state index in [1.807, 2.05) is 43.6 Å². The molecule has 0 unspecified atom stereocenters. The van der Waals surface area contributed by atoms with E-state index >= 15 is 0 Å². The number of aryl methyl sites for hydroxylation is 1. The molecule has 0 fully saturated rings. The molecule has 1 aromatic carbocycles. The van der Waals surface area contributed by atoms with Crippen molar-refractivity contribution in [3.8, 4) is 22.5 Å². The molecule has 0 radical (unpaired) electrons. The molecule has 3 N–H and O–H groups in total. The number of anilines is 1. The smallest absolute Gasteiger partial charge is 0.153 e. The SMILES string of the molecule is Cn1ccc(-c2[nH]nc(N)c2-c2ccc(Cl)cc2)n1. The summed E-state index contributed by atoms with van der Waals surface area (Å²) in [6, 6.07) is 9.38. The van der Waals surface area contributed by atoms with E-state index in [0.717, 1.165) is 22.5 Å². The third-order valence-electron chi connectivity index (χ3n) is 2.90. The fourth-order valence-corrected chi connectivity index (χ4v) is 2.12. The van der Waals surface area contributed by atoms with Crippen molar-refractivity contribution in [3.63, 3.8) is 0 Å². The fraction of sp³-hybridized carbons (Fsp3) is 0.0769. The molecule has 2 aromatic heterocycles. The minimum atomic E-state index is 0.447. The van der Waals surface area contributed by atoms with Crippen LogP contribution in [0, 0.1) is 0 Å². The van der Waals surface area contributed by atoms with Gasteiger partial charge in [0.15, 0.2) is 5.82 Å². The van der Waals surface area contributed by atoms with Crippen LogP contribution in [0.2, 0.25) is 5.02 Å². The Balaban J connectivity index is 2.16. The average molecular weight is 274 g/mol. The zero-order valence-electron chi connectivity index (χ0n) is 10.3. The molecule has 0 aliphatic heterocycles. The van der Waals surface area contributed by atoms with Gasteiger partial charge in [0, 0.05) is 18.3 Å². The largest absolute Gasteiger partial charge is 0.382 e. The zero-order valence-corrected chi connectivity index (χ0v) is 11.0. The second kappa shape index (κ2) is 4.44. The van der Waals surface area contributed by atoms with E-state index in [9.17, 15) is 0 Å². The number of benzene rings is 1.